The Morgan fingerprint density at radius 3 is 2.61 bits per heavy atom. The van der Waals surface area contributed by atoms with Crippen molar-refractivity contribution < 1.29 is 23.1 Å². The number of piperazine rings is 1. The van der Waals surface area contributed by atoms with Crippen molar-refractivity contribution in [3.8, 4) is 0 Å². The standard InChI is InChI=1S/C26H24FN3O5S/c1-2-34-26(33)21-22(28-9-11-29(12-10-28)24(31)20-7-4-13-35-20)23-19(8-14-36-23)30(25(21)32)16-17-5-3-6-18(27)15-17/h3-8,13-15H,2,9-12,16H2,1H3. The summed E-state index contributed by atoms with van der Waals surface area (Å²) < 4.78 is 26.6. The molecule has 10 heteroatoms. The summed E-state index contributed by atoms with van der Waals surface area (Å²) in [4.78, 5) is 43.2. The Labute approximate surface area is 210 Å². The zero-order valence-electron chi connectivity index (χ0n) is 19.6. The van der Waals surface area contributed by atoms with Gasteiger partial charge in [0.05, 0.1) is 35.3 Å². The topological polar surface area (TPSA) is 85.0 Å². The van der Waals surface area contributed by atoms with E-state index in [4.69, 9.17) is 9.15 Å². The van der Waals surface area contributed by atoms with Gasteiger partial charge in [-0.1, -0.05) is 12.1 Å². The Balaban J connectivity index is 1.54. The van der Waals surface area contributed by atoms with E-state index in [0.29, 0.717) is 42.9 Å². The monoisotopic (exact) mass is 509 g/mol. The third-order valence-electron chi connectivity index (χ3n) is 6.17. The fourth-order valence-corrected chi connectivity index (χ4v) is 5.48. The van der Waals surface area contributed by atoms with Gasteiger partial charge in [0.15, 0.2) is 5.76 Å². The van der Waals surface area contributed by atoms with Crippen LogP contribution in [0, 0.1) is 5.82 Å². The maximum Gasteiger partial charge on any atom is 0.345 e. The molecule has 1 amide bonds. The third-order valence-corrected chi connectivity index (χ3v) is 7.08. The van der Waals surface area contributed by atoms with Gasteiger partial charge in [-0.15, -0.1) is 11.3 Å². The minimum Gasteiger partial charge on any atom is -0.462 e. The predicted molar refractivity (Wildman–Crippen MR) is 134 cm³/mol. The number of rotatable bonds is 6. The average molecular weight is 510 g/mol. The molecule has 0 radical (unpaired) electrons. The van der Waals surface area contributed by atoms with E-state index in [1.807, 2.05) is 16.3 Å². The third kappa shape index (κ3) is 4.39. The van der Waals surface area contributed by atoms with Gasteiger partial charge >= 0.3 is 5.97 Å². The summed E-state index contributed by atoms with van der Waals surface area (Å²) in [6.07, 6.45) is 1.46. The van der Waals surface area contributed by atoms with E-state index < -0.39 is 17.3 Å². The molecule has 0 spiro atoms. The summed E-state index contributed by atoms with van der Waals surface area (Å²) in [5, 5.41) is 1.86. The number of ether oxygens (including phenoxy) is 1. The number of halogens is 1. The molecule has 0 bridgehead atoms. The molecule has 1 fully saturated rings. The van der Waals surface area contributed by atoms with E-state index in [-0.39, 0.29) is 30.4 Å². The van der Waals surface area contributed by atoms with Gasteiger partial charge in [-0.2, -0.15) is 0 Å². The highest BCUT2D eigenvalue weighted by Gasteiger charge is 2.31. The fourth-order valence-electron chi connectivity index (χ4n) is 4.50. The zero-order chi connectivity index (χ0) is 25.2. The van der Waals surface area contributed by atoms with Gasteiger partial charge in [0.2, 0.25) is 0 Å². The van der Waals surface area contributed by atoms with Crippen LogP contribution in [0.25, 0.3) is 10.2 Å². The lowest BCUT2D eigenvalue weighted by Gasteiger charge is -2.36. The number of hydrogen-bond donors (Lipinski definition) is 0. The number of anilines is 1. The molecular formula is C26H24FN3O5S. The molecule has 1 aliphatic rings. The maximum absolute atomic E-state index is 13.8. The predicted octanol–water partition coefficient (Wildman–Crippen LogP) is 3.98. The lowest BCUT2D eigenvalue weighted by atomic mass is 10.1. The van der Waals surface area contributed by atoms with Crippen molar-refractivity contribution >= 4 is 39.1 Å². The number of nitrogens with zero attached hydrogens (tertiary/aromatic N) is 3. The number of thiophene rings is 1. The number of furan rings is 1. The molecular weight excluding hydrogens is 485 g/mol. The lowest BCUT2D eigenvalue weighted by Crippen LogP contribution is -2.49. The highest BCUT2D eigenvalue weighted by atomic mass is 32.1. The molecule has 4 heterocycles. The van der Waals surface area contributed by atoms with Crippen molar-refractivity contribution in [2.75, 3.05) is 37.7 Å². The van der Waals surface area contributed by atoms with Crippen LogP contribution in [0.1, 0.15) is 33.4 Å². The second kappa shape index (κ2) is 9.98. The Morgan fingerprint density at radius 1 is 1.11 bits per heavy atom. The Hall–Kier alpha value is -3.92. The number of fused-ring (bicyclic) bond motifs is 1. The van der Waals surface area contributed by atoms with Crippen molar-refractivity contribution in [2.24, 2.45) is 0 Å². The van der Waals surface area contributed by atoms with E-state index >= 15 is 0 Å². The molecule has 0 unspecified atom stereocenters. The van der Waals surface area contributed by atoms with Gasteiger partial charge in [0, 0.05) is 26.2 Å². The van der Waals surface area contributed by atoms with Crippen molar-refractivity contribution in [1.82, 2.24) is 9.47 Å². The zero-order valence-corrected chi connectivity index (χ0v) is 20.4. The highest BCUT2D eigenvalue weighted by molar-refractivity contribution is 7.17. The molecule has 3 aromatic heterocycles. The van der Waals surface area contributed by atoms with Crippen LogP contribution in [-0.2, 0) is 11.3 Å². The Kier molecular flexibility index (Phi) is 6.60. The summed E-state index contributed by atoms with van der Waals surface area (Å²) in [5.41, 5.74) is 1.24. The first-order chi connectivity index (χ1) is 17.5. The molecule has 1 aromatic carbocycles. The van der Waals surface area contributed by atoms with E-state index in [1.165, 1.54) is 34.3 Å². The Bertz CT molecular complexity index is 1470. The molecule has 4 aromatic rings. The van der Waals surface area contributed by atoms with Gasteiger partial charge in [0.1, 0.15) is 11.4 Å². The number of benzene rings is 1. The maximum atomic E-state index is 13.8. The second-order valence-electron chi connectivity index (χ2n) is 8.36. The van der Waals surface area contributed by atoms with Crippen LogP contribution in [0.4, 0.5) is 10.1 Å². The first-order valence-corrected chi connectivity index (χ1v) is 12.5. The molecule has 0 atom stereocenters. The van der Waals surface area contributed by atoms with E-state index in [9.17, 15) is 18.8 Å². The Morgan fingerprint density at radius 2 is 1.92 bits per heavy atom. The van der Waals surface area contributed by atoms with Crippen molar-refractivity contribution in [3.63, 3.8) is 0 Å². The van der Waals surface area contributed by atoms with Gasteiger partial charge in [0.25, 0.3) is 11.5 Å². The smallest absolute Gasteiger partial charge is 0.345 e. The second-order valence-corrected chi connectivity index (χ2v) is 9.27. The number of pyridine rings is 1. The number of esters is 1. The van der Waals surface area contributed by atoms with Crippen LogP contribution in [-0.4, -0.2) is 54.1 Å². The number of aromatic nitrogens is 1. The lowest BCUT2D eigenvalue weighted by molar-refractivity contribution is 0.0523. The SMILES string of the molecule is CCOC(=O)c1c(N2CCN(C(=O)c3ccco3)CC2)c2sccc2n(Cc2cccc(F)c2)c1=O. The largest absolute Gasteiger partial charge is 0.462 e. The van der Waals surface area contributed by atoms with E-state index in [0.717, 1.165) is 4.70 Å². The van der Waals surface area contributed by atoms with Crippen molar-refractivity contribution in [3.05, 3.63) is 87.2 Å². The summed E-state index contributed by atoms with van der Waals surface area (Å²) in [6.45, 7) is 3.59. The minimum absolute atomic E-state index is 0.0472. The van der Waals surface area contributed by atoms with Gasteiger partial charge in [-0.05, 0) is 48.2 Å². The fraction of sp³-hybridized carbons (Fsp3) is 0.269. The van der Waals surface area contributed by atoms with Gasteiger partial charge in [-0.25, -0.2) is 9.18 Å². The summed E-state index contributed by atoms with van der Waals surface area (Å²) >= 11 is 1.42. The number of carbonyl (C=O) groups excluding carboxylic acids is 2. The van der Waals surface area contributed by atoms with Gasteiger partial charge < -0.3 is 23.5 Å². The van der Waals surface area contributed by atoms with Crippen LogP contribution >= 0.6 is 11.3 Å². The molecule has 1 saturated heterocycles. The van der Waals surface area contributed by atoms with Crippen LogP contribution < -0.4 is 10.5 Å². The van der Waals surface area contributed by atoms with Crippen LogP contribution in [0.5, 0.6) is 0 Å². The molecule has 36 heavy (non-hydrogen) atoms. The van der Waals surface area contributed by atoms with E-state index in [1.54, 1.807) is 36.1 Å². The summed E-state index contributed by atoms with van der Waals surface area (Å²) in [6, 6.07) is 11.2. The minimum atomic E-state index is -0.699. The summed E-state index contributed by atoms with van der Waals surface area (Å²) in [7, 11) is 0. The molecule has 8 nitrogen and oxygen atoms in total. The van der Waals surface area contributed by atoms with E-state index in [2.05, 4.69) is 0 Å². The number of amides is 1. The molecule has 0 N–H and O–H groups in total. The highest BCUT2D eigenvalue weighted by Crippen LogP contribution is 2.34. The molecule has 0 aliphatic carbocycles. The normalized spacial score (nSPS) is 13.8. The van der Waals surface area contributed by atoms with Crippen LogP contribution in [0.2, 0.25) is 0 Å². The number of carbonyl (C=O) groups is 2. The molecule has 1 aliphatic heterocycles. The molecule has 5 rings (SSSR count). The average Bonchev–Trinajstić information content (AvgIpc) is 3.58. The van der Waals surface area contributed by atoms with Crippen molar-refractivity contribution in [1.29, 1.82) is 0 Å². The van der Waals surface area contributed by atoms with Crippen LogP contribution in [0.3, 0.4) is 0 Å². The van der Waals surface area contributed by atoms with Crippen LogP contribution in [0.15, 0.2) is 63.3 Å². The quantitative estimate of drug-likeness (QED) is 0.366. The molecule has 186 valence electrons. The first kappa shape index (κ1) is 23.8. The summed E-state index contributed by atoms with van der Waals surface area (Å²) in [5.74, 6) is -1.02. The first-order valence-electron chi connectivity index (χ1n) is 11.6. The molecule has 0 saturated carbocycles. The van der Waals surface area contributed by atoms with Crippen molar-refractivity contribution in [2.45, 2.75) is 13.5 Å². The van der Waals surface area contributed by atoms with Gasteiger partial charge in [-0.3, -0.25) is 9.59 Å². The number of hydrogen-bond acceptors (Lipinski definition) is 7.